The van der Waals surface area contributed by atoms with Crippen LogP contribution in [0.25, 0.3) is 0 Å². The molecule has 0 saturated carbocycles. The van der Waals surface area contributed by atoms with Gasteiger partial charge in [-0.1, -0.05) is 91.0 Å². The number of aromatic nitrogens is 2. The van der Waals surface area contributed by atoms with E-state index < -0.39 is 5.60 Å². The van der Waals surface area contributed by atoms with Crippen LogP contribution in [0.1, 0.15) is 29.7 Å². The summed E-state index contributed by atoms with van der Waals surface area (Å²) in [5.41, 5.74) is 2.60. The molecule has 0 radical (unpaired) electrons. The van der Waals surface area contributed by atoms with Gasteiger partial charge in [0.25, 0.3) is 0 Å². The van der Waals surface area contributed by atoms with Crippen LogP contribution in [0.2, 0.25) is 0 Å². The maximum Gasteiger partial charge on any atom is 0.143 e. The van der Waals surface area contributed by atoms with Gasteiger partial charge in [-0.25, -0.2) is 0 Å². The molecule has 4 rings (SSSR count). The molecule has 1 aromatic heterocycles. The van der Waals surface area contributed by atoms with Crippen LogP contribution in [0.5, 0.6) is 0 Å². The van der Waals surface area contributed by atoms with Gasteiger partial charge < -0.3 is 4.74 Å². The Kier molecular flexibility index (Phi) is 5.93. The summed E-state index contributed by atoms with van der Waals surface area (Å²) in [5, 5.41) is 4.42. The zero-order valence-electron chi connectivity index (χ0n) is 16.3. The van der Waals surface area contributed by atoms with Crippen LogP contribution in [-0.4, -0.2) is 16.4 Å². The van der Waals surface area contributed by atoms with E-state index in [1.54, 1.807) is 6.20 Å². The number of nitrogens with zero attached hydrogens (tertiary/aromatic N) is 2. The van der Waals surface area contributed by atoms with Gasteiger partial charge >= 0.3 is 0 Å². The fraction of sp³-hybridized carbons (Fsp3) is 0.160. The zero-order chi connectivity index (χ0) is 20.1. The van der Waals surface area contributed by atoms with E-state index in [-0.39, 0.29) is 6.04 Å². The van der Waals surface area contributed by atoms with Crippen molar-refractivity contribution in [3.05, 3.63) is 125 Å². The molecule has 0 fully saturated rings. The molecule has 4 aromatic rings. The summed E-state index contributed by atoms with van der Waals surface area (Å²) in [5.74, 6) is 0. The Balaban J connectivity index is 1.81. The fourth-order valence-corrected chi connectivity index (χ4v) is 3.95. The van der Waals surface area contributed by atoms with Crippen molar-refractivity contribution in [1.82, 2.24) is 9.78 Å². The van der Waals surface area contributed by atoms with Gasteiger partial charge in [0.1, 0.15) is 5.60 Å². The fourth-order valence-electron chi connectivity index (χ4n) is 3.65. The minimum absolute atomic E-state index is 0.0804. The van der Waals surface area contributed by atoms with E-state index in [1.165, 1.54) is 0 Å². The Morgan fingerprint density at radius 3 is 1.66 bits per heavy atom. The van der Waals surface area contributed by atoms with Crippen molar-refractivity contribution in [3.8, 4) is 0 Å². The molecule has 4 heteroatoms. The Bertz CT molecular complexity index is 935. The van der Waals surface area contributed by atoms with Crippen LogP contribution in [0.3, 0.4) is 0 Å². The minimum atomic E-state index is -0.706. The summed E-state index contributed by atoms with van der Waals surface area (Å²) in [6, 6.07) is 31.4. The van der Waals surface area contributed by atoms with Crippen molar-refractivity contribution in [2.24, 2.45) is 0 Å². The molecule has 0 aliphatic heterocycles. The Morgan fingerprint density at radius 1 is 0.828 bits per heavy atom. The molecule has 0 amide bonds. The van der Waals surface area contributed by atoms with Crippen molar-refractivity contribution in [1.29, 1.82) is 0 Å². The molecule has 1 heterocycles. The average molecular weight is 447 g/mol. The van der Waals surface area contributed by atoms with E-state index >= 15 is 0 Å². The molecule has 29 heavy (non-hydrogen) atoms. The molecule has 0 aliphatic carbocycles. The molecule has 0 N–H and O–H groups in total. The van der Waals surface area contributed by atoms with Crippen molar-refractivity contribution in [2.45, 2.75) is 18.6 Å². The predicted molar refractivity (Wildman–Crippen MR) is 120 cm³/mol. The van der Waals surface area contributed by atoms with Crippen LogP contribution >= 0.6 is 15.9 Å². The Hall–Kier alpha value is -2.69. The van der Waals surface area contributed by atoms with Crippen LogP contribution in [0.4, 0.5) is 0 Å². The smallest absolute Gasteiger partial charge is 0.143 e. The number of hydrogen-bond acceptors (Lipinski definition) is 2. The lowest BCUT2D eigenvalue weighted by Crippen LogP contribution is -2.34. The van der Waals surface area contributed by atoms with Gasteiger partial charge in [-0.15, -0.1) is 0 Å². The SMILES string of the molecule is C[C@@H](COC(c1ccccc1)(c1ccccc1)c1ccccc1)n1cc(Br)cn1. The third kappa shape index (κ3) is 4.04. The quantitative estimate of drug-likeness (QED) is 0.315. The highest BCUT2D eigenvalue weighted by Gasteiger charge is 2.37. The van der Waals surface area contributed by atoms with Gasteiger partial charge in [0.2, 0.25) is 0 Å². The van der Waals surface area contributed by atoms with Crippen LogP contribution in [0, 0.1) is 0 Å². The molecule has 0 bridgehead atoms. The molecular formula is C25H23BrN2O. The van der Waals surface area contributed by atoms with E-state index in [0.29, 0.717) is 6.61 Å². The zero-order valence-corrected chi connectivity index (χ0v) is 17.9. The number of ether oxygens (including phenoxy) is 1. The van der Waals surface area contributed by atoms with E-state index in [9.17, 15) is 0 Å². The Labute approximate surface area is 180 Å². The van der Waals surface area contributed by atoms with Gasteiger partial charge in [0.05, 0.1) is 23.3 Å². The largest absolute Gasteiger partial charge is 0.359 e. The van der Waals surface area contributed by atoms with E-state index in [1.807, 2.05) is 29.1 Å². The number of hydrogen-bond donors (Lipinski definition) is 0. The standard InChI is InChI=1S/C25H23BrN2O/c1-20(28-18-24(26)17-27-28)19-29-25(21-11-5-2-6-12-21,22-13-7-3-8-14-22)23-15-9-4-10-16-23/h2-18,20H,19H2,1H3/t20-/m0/s1. The van der Waals surface area contributed by atoms with E-state index in [0.717, 1.165) is 21.2 Å². The second-order valence-corrected chi connectivity index (χ2v) is 7.99. The molecule has 3 nitrogen and oxygen atoms in total. The first-order chi connectivity index (χ1) is 14.2. The van der Waals surface area contributed by atoms with Crippen molar-refractivity contribution >= 4 is 15.9 Å². The van der Waals surface area contributed by atoms with Crippen molar-refractivity contribution < 1.29 is 4.74 Å². The molecule has 3 aromatic carbocycles. The number of rotatable bonds is 7. The molecule has 0 unspecified atom stereocenters. The minimum Gasteiger partial charge on any atom is -0.359 e. The molecule has 0 aliphatic rings. The van der Waals surface area contributed by atoms with Gasteiger partial charge in [-0.2, -0.15) is 5.10 Å². The second kappa shape index (κ2) is 8.76. The van der Waals surface area contributed by atoms with Crippen LogP contribution in [0.15, 0.2) is 108 Å². The van der Waals surface area contributed by atoms with E-state index in [2.05, 4.69) is 101 Å². The maximum atomic E-state index is 6.84. The first kappa shape index (κ1) is 19.6. The topological polar surface area (TPSA) is 27.1 Å². The predicted octanol–water partition coefficient (Wildman–Crippen LogP) is 6.22. The molecule has 0 spiro atoms. The van der Waals surface area contributed by atoms with Gasteiger partial charge in [0, 0.05) is 6.20 Å². The summed E-state index contributed by atoms with van der Waals surface area (Å²) < 4.78 is 9.73. The lowest BCUT2D eigenvalue weighted by atomic mass is 9.80. The second-order valence-electron chi connectivity index (χ2n) is 7.08. The van der Waals surface area contributed by atoms with Crippen molar-refractivity contribution in [2.75, 3.05) is 6.61 Å². The average Bonchev–Trinajstić information content (AvgIpc) is 3.23. The van der Waals surface area contributed by atoms with Gasteiger partial charge in [-0.05, 0) is 39.5 Å². The summed E-state index contributed by atoms with van der Waals surface area (Å²) in [6.45, 7) is 2.62. The van der Waals surface area contributed by atoms with Gasteiger partial charge in [-0.3, -0.25) is 4.68 Å². The number of halogens is 1. The first-order valence-electron chi connectivity index (χ1n) is 9.70. The number of benzene rings is 3. The van der Waals surface area contributed by atoms with Crippen molar-refractivity contribution in [3.63, 3.8) is 0 Å². The van der Waals surface area contributed by atoms with Gasteiger partial charge in [0.15, 0.2) is 0 Å². The lowest BCUT2D eigenvalue weighted by molar-refractivity contribution is -0.00458. The highest BCUT2D eigenvalue weighted by molar-refractivity contribution is 9.10. The monoisotopic (exact) mass is 446 g/mol. The maximum absolute atomic E-state index is 6.84. The van der Waals surface area contributed by atoms with Crippen LogP contribution in [-0.2, 0) is 10.3 Å². The summed E-state index contributed by atoms with van der Waals surface area (Å²) in [6.07, 6.45) is 3.78. The van der Waals surface area contributed by atoms with Crippen LogP contribution < -0.4 is 0 Å². The summed E-state index contributed by atoms with van der Waals surface area (Å²) >= 11 is 3.48. The third-order valence-corrected chi connectivity index (χ3v) is 5.51. The molecule has 146 valence electrons. The highest BCUT2D eigenvalue weighted by atomic mass is 79.9. The highest BCUT2D eigenvalue weighted by Crippen LogP contribution is 2.40. The molecule has 0 saturated heterocycles. The van der Waals surface area contributed by atoms with E-state index in [4.69, 9.17) is 4.74 Å². The molecular weight excluding hydrogens is 424 g/mol. The summed E-state index contributed by atoms with van der Waals surface area (Å²) in [4.78, 5) is 0. The molecule has 1 atom stereocenters. The summed E-state index contributed by atoms with van der Waals surface area (Å²) in [7, 11) is 0. The third-order valence-electron chi connectivity index (χ3n) is 5.10. The normalized spacial score (nSPS) is 12.6. The lowest BCUT2D eigenvalue weighted by Gasteiger charge is -2.36. The first-order valence-corrected chi connectivity index (χ1v) is 10.5. The Morgan fingerprint density at radius 2 is 1.28 bits per heavy atom.